The van der Waals surface area contributed by atoms with Crippen molar-refractivity contribution >= 4 is 27.9 Å². The molecule has 1 fully saturated rings. The standard InChI is InChI=1S/C16H21BrN2O4/c1-2-23-14-6-3-12(17)9-11(14)10-19(13-4-5-13)16(22)18-8-7-15(20)21/h3,6,9,13H,2,4-5,7-8,10H2,1H3,(H,18,22)(H,20,21). The second-order valence-electron chi connectivity index (χ2n) is 5.42. The molecule has 1 aliphatic rings. The lowest BCUT2D eigenvalue weighted by Gasteiger charge is -2.24. The zero-order valence-electron chi connectivity index (χ0n) is 13.0. The molecule has 1 aliphatic carbocycles. The Hall–Kier alpha value is -1.76. The highest BCUT2D eigenvalue weighted by Gasteiger charge is 2.33. The normalized spacial score (nSPS) is 13.5. The molecule has 0 aromatic heterocycles. The molecule has 0 saturated heterocycles. The van der Waals surface area contributed by atoms with E-state index in [1.54, 1.807) is 4.90 Å². The molecule has 126 valence electrons. The fourth-order valence-electron chi connectivity index (χ4n) is 2.28. The number of carbonyl (C=O) groups is 2. The fourth-order valence-corrected chi connectivity index (χ4v) is 2.69. The van der Waals surface area contributed by atoms with E-state index in [0.717, 1.165) is 28.6 Å². The zero-order valence-corrected chi connectivity index (χ0v) is 14.6. The average molecular weight is 385 g/mol. The number of urea groups is 1. The van der Waals surface area contributed by atoms with Crippen LogP contribution in [0.3, 0.4) is 0 Å². The van der Waals surface area contributed by atoms with Crippen LogP contribution < -0.4 is 10.1 Å². The maximum absolute atomic E-state index is 12.3. The SMILES string of the molecule is CCOc1ccc(Br)cc1CN(C(=O)NCCC(=O)O)C1CC1. The lowest BCUT2D eigenvalue weighted by atomic mass is 10.2. The van der Waals surface area contributed by atoms with Crippen LogP contribution in [0.2, 0.25) is 0 Å². The number of aliphatic carboxylic acids is 1. The van der Waals surface area contributed by atoms with Gasteiger partial charge in [-0.2, -0.15) is 0 Å². The largest absolute Gasteiger partial charge is 0.494 e. The number of halogens is 1. The van der Waals surface area contributed by atoms with E-state index in [2.05, 4.69) is 21.2 Å². The number of nitrogens with zero attached hydrogens (tertiary/aromatic N) is 1. The number of ether oxygens (including phenoxy) is 1. The topological polar surface area (TPSA) is 78.9 Å². The molecule has 1 aromatic rings. The first kappa shape index (κ1) is 17.6. The number of rotatable bonds is 8. The van der Waals surface area contributed by atoms with Crippen LogP contribution in [0.25, 0.3) is 0 Å². The van der Waals surface area contributed by atoms with Gasteiger partial charge >= 0.3 is 12.0 Å². The first-order chi connectivity index (χ1) is 11.0. The summed E-state index contributed by atoms with van der Waals surface area (Å²) in [5.74, 6) is -0.159. The molecule has 0 heterocycles. The molecule has 0 unspecified atom stereocenters. The number of carboxylic acid groups (broad SMARTS) is 1. The van der Waals surface area contributed by atoms with Gasteiger partial charge in [0, 0.05) is 22.6 Å². The third-order valence-corrected chi connectivity index (χ3v) is 4.02. The molecule has 0 radical (unpaired) electrons. The van der Waals surface area contributed by atoms with Crippen molar-refractivity contribution in [3.63, 3.8) is 0 Å². The first-order valence-corrected chi connectivity index (χ1v) is 8.48. The molecule has 2 N–H and O–H groups in total. The first-order valence-electron chi connectivity index (χ1n) is 7.68. The van der Waals surface area contributed by atoms with Gasteiger partial charge in [-0.3, -0.25) is 4.79 Å². The number of carboxylic acids is 1. The highest BCUT2D eigenvalue weighted by molar-refractivity contribution is 9.10. The van der Waals surface area contributed by atoms with Gasteiger partial charge in [0.1, 0.15) is 5.75 Å². The van der Waals surface area contributed by atoms with E-state index in [4.69, 9.17) is 9.84 Å². The number of hydrogen-bond acceptors (Lipinski definition) is 3. The Bertz CT molecular complexity index is 575. The van der Waals surface area contributed by atoms with Crippen molar-refractivity contribution in [3.05, 3.63) is 28.2 Å². The van der Waals surface area contributed by atoms with Crippen molar-refractivity contribution in [2.75, 3.05) is 13.2 Å². The van der Waals surface area contributed by atoms with Gasteiger partial charge in [0.15, 0.2) is 0 Å². The Labute approximate surface area is 143 Å². The van der Waals surface area contributed by atoms with Crippen molar-refractivity contribution in [3.8, 4) is 5.75 Å². The maximum Gasteiger partial charge on any atom is 0.317 e. The van der Waals surface area contributed by atoms with Crippen molar-refractivity contribution in [1.29, 1.82) is 0 Å². The van der Waals surface area contributed by atoms with Crippen LogP contribution in [0.1, 0.15) is 31.7 Å². The smallest absolute Gasteiger partial charge is 0.317 e. The molecule has 0 atom stereocenters. The molecule has 23 heavy (non-hydrogen) atoms. The van der Waals surface area contributed by atoms with Crippen LogP contribution >= 0.6 is 15.9 Å². The second kappa shape index (κ2) is 8.19. The Morgan fingerprint density at radius 3 is 2.78 bits per heavy atom. The van der Waals surface area contributed by atoms with Gasteiger partial charge in [0.25, 0.3) is 0 Å². The summed E-state index contributed by atoms with van der Waals surface area (Å²) in [6.07, 6.45) is 1.87. The summed E-state index contributed by atoms with van der Waals surface area (Å²) >= 11 is 3.45. The molecule has 1 aromatic carbocycles. The summed E-state index contributed by atoms with van der Waals surface area (Å²) in [4.78, 5) is 24.6. The average Bonchev–Trinajstić information content (AvgIpc) is 3.31. The quantitative estimate of drug-likeness (QED) is 0.721. The fraction of sp³-hybridized carbons (Fsp3) is 0.500. The van der Waals surface area contributed by atoms with Crippen molar-refractivity contribution in [1.82, 2.24) is 10.2 Å². The number of benzene rings is 1. The molecule has 1 saturated carbocycles. The molecule has 0 bridgehead atoms. The van der Waals surface area contributed by atoms with E-state index in [1.165, 1.54) is 0 Å². The Morgan fingerprint density at radius 2 is 2.17 bits per heavy atom. The van der Waals surface area contributed by atoms with E-state index in [-0.39, 0.29) is 25.0 Å². The van der Waals surface area contributed by atoms with Crippen LogP contribution in [-0.4, -0.2) is 41.2 Å². The van der Waals surface area contributed by atoms with Gasteiger partial charge < -0.3 is 20.1 Å². The van der Waals surface area contributed by atoms with E-state index >= 15 is 0 Å². The van der Waals surface area contributed by atoms with Gasteiger partial charge in [-0.15, -0.1) is 0 Å². The summed E-state index contributed by atoms with van der Waals surface area (Å²) in [7, 11) is 0. The van der Waals surface area contributed by atoms with Crippen molar-refractivity contribution in [2.45, 2.75) is 38.8 Å². The minimum absolute atomic E-state index is 0.0780. The molecule has 7 heteroatoms. The van der Waals surface area contributed by atoms with E-state index in [0.29, 0.717) is 13.2 Å². The van der Waals surface area contributed by atoms with Gasteiger partial charge in [-0.1, -0.05) is 15.9 Å². The minimum Gasteiger partial charge on any atom is -0.494 e. The number of nitrogens with one attached hydrogen (secondary N) is 1. The summed E-state index contributed by atoms with van der Waals surface area (Å²) in [6, 6.07) is 5.73. The highest BCUT2D eigenvalue weighted by atomic mass is 79.9. The lowest BCUT2D eigenvalue weighted by Crippen LogP contribution is -2.41. The summed E-state index contributed by atoms with van der Waals surface area (Å²) in [6.45, 7) is 3.05. The summed E-state index contributed by atoms with van der Waals surface area (Å²) in [5.41, 5.74) is 0.932. The van der Waals surface area contributed by atoms with E-state index < -0.39 is 5.97 Å². The van der Waals surface area contributed by atoms with Gasteiger partial charge in [0.2, 0.25) is 0 Å². The zero-order chi connectivity index (χ0) is 16.8. The lowest BCUT2D eigenvalue weighted by molar-refractivity contribution is -0.136. The van der Waals surface area contributed by atoms with Crippen LogP contribution in [0, 0.1) is 0 Å². The van der Waals surface area contributed by atoms with Crippen molar-refractivity contribution in [2.24, 2.45) is 0 Å². The third-order valence-electron chi connectivity index (χ3n) is 3.53. The van der Waals surface area contributed by atoms with Gasteiger partial charge in [0.05, 0.1) is 19.6 Å². The van der Waals surface area contributed by atoms with Crippen LogP contribution in [0.5, 0.6) is 5.75 Å². The van der Waals surface area contributed by atoms with Crippen LogP contribution in [0.15, 0.2) is 22.7 Å². The predicted molar refractivity (Wildman–Crippen MR) is 89.5 cm³/mol. The molecule has 2 amide bonds. The predicted octanol–water partition coefficient (Wildman–Crippen LogP) is 3.00. The number of carbonyl (C=O) groups excluding carboxylic acids is 1. The maximum atomic E-state index is 12.3. The van der Waals surface area contributed by atoms with Crippen LogP contribution in [-0.2, 0) is 11.3 Å². The monoisotopic (exact) mass is 384 g/mol. The molecular formula is C16H21BrN2O4. The van der Waals surface area contributed by atoms with Crippen molar-refractivity contribution < 1.29 is 19.4 Å². The molecule has 0 aliphatic heterocycles. The minimum atomic E-state index is -0.922. The molecule has 2 rings (SSSR count). The second-order valence-corrected chi connectivity index (χ2v) is 6.34. The van der Waals surface area contributed by atoms with E-state index in [1.807, 2.05) is 25.1 Å². The molecule has 6 nitrogen and oxygen atoms in total. The summed E-state index contributed by atoms with van der Waals surface area (Å²) < 4.78 is 6.56. The van der Waals surface area contributed by atoms with Crippen LogP contribution in [0.4, 0.5) is 4.79 Å². The number of amides is 2. The Morgan fingerprint density at radius 1 is 1.43 bits per heavy atom. The molecule has 0 spiro atoms. The third kappa shape index (κ3) is 5.42. The van der Waals surface area contributed by atoms with E-state index in [9.17, 15) is 9.59 Å². The Balaban J connectivity index is 2.06. The number of hydrogen-bond donors (Lipinski definition) is 2. The van der Waals surface area contributed by atoms with Gasteiger partial charge in [-0.25, -0.2) is 4.79 Å². The Kier molecular flexibility index (Phi) is 6.27. The summed E-state index contributed by atoms with van der Waals surface area (Å²) in [5, 5.41) is 11.3. The molecular weight excluding hydrogens is 364 g/mol. The highest BCUT2D eigenvalue weighted by Crippen LogP contribution is 2.31. The van der Waals surface area contributed by atoms with Gasteiger partial charge in [-0.05, 0) is 38.0 Å².